The maximum Gasteiger partial charge on any atom is 0.236 e. The van der Waals surface area contributed by atoms with Gasteiger partial charge in [-0.1, -0.05) is 0 Å². The summed E-state index contributed by atoms with van der Waals surface area (Å²) >= 11 is 3.06. The van der Waals surface area contributed by atoms with E-state index in [4.69, 9.17) is 0 Å². The normalized spacial score (nSPS) is 20.3. The van der Waals surface area contributed by atoms with Crippen molar-refractivity contribution in [2.75, 3.05) is 17.8 Å². The van der Waals surface area contributed by atoms with Gasteiger partial charge in [-0.25, -0.2) is 12.8 Å². The van der Waals surface area contributed by atoms with E-state index in [1.54, 1.807) is 6.92 Å². The van der Waals surface area contributed by atoms with Crippen molar-refractivity contribution in [3.8, 4) is 0 Å². The second-order valence-corrected chi connectivity index (χ2v) is 7.51. The standard InChI is InChI=1S/C12H16BrFN2O2S/c1-8-5-11(14)10(13)6-12(8)16-19(17,18)9-3-2-4-15-7-9/h5-6,9,15-16H,2-4,7H2,1H3. The predicted molar refractivity (Wildman–Crippen MR) is 77.3 cm³/mol. The number of anilines is 1. The second-order valence-electron chi connectivity index (χ2n) is 4.70. The van der Waals surface area contributed by atoms with Crippen LogP contribution in [0.5, 0.6) is 0 Å². The molecular formula is C12H16BrFN2O2S. The second kappa shape index (κ2) is 5.76. The molecule has 0 bridgehead atoms. The van der Waals surface area contributed by atoms with Crippen LogP contribution in [-0.2, 0) is 10.0 Å². The zero-order chi connectivity index (χ0) is 14.0. The van der Waals surface area contributed by atoms with Crippen LogP contribution in [0.3, 0.4) is 0 Å². The van der Waals surface area contributed by atoms with E-state index < -0.39 is 21.1 Å². The van der Waals surface area contributed by atoms with Crippen LogP contribution in [0.25, 0.3) is 0 Å². The topological polar surface area (TPSA) is 58.2 Å². The fourth-order valence-electron chi connectivity index (χ4n) is 2.08. The first-order valence-electron chi connectivity index (χ1n) is 6.08. The molecule has 2 rings (SSSR count). The molecule has 0 aromatic heterocycles. The Hall–Kier alpha value is -0.660. The van der Waals surface area contributed by atoms with Crippen LogP contribution in [0.2, 0.25) is 0 Å². The number of nitrogens with one attached hydrogen (secondary N) is 2. The summed E-state index contributed by atoms with van der Waals surface area (Å²) in [5.74, 6) is -0.403. The summed E-state index contributed by atoms with van der Waals surface area (Å²) in [5.41, 5.74) is 0.979. The molecule has 0 amide bonds. The lowest BCUT2D eigenvalue weighted by molar-refractivity contribution is 0.499. The maximum absolute atomic E-state index is 13.3. The highest BCUT2D eigenvalue weighted by Crippen LogP contribution is 2.26. The average Bonchev–Trinajstić information content (AvgIpc) is 2.37. The number of halogens is 2. The lowest BCUT2D eigenvalue weighted by Crippen LogP contribution is -2.41. The quantitative estimate of drug-likeness (QED) is 0.879. The molecule has 19 heavy (non-hydrogen) atoms. The zero-order valence-corrected chi connectivity index (χ0v) is 12.9. The molecular weight excluding hydrogens is 335 g/mol. The van der Waals surface area contributed by atoms with E-state index in [0.29, 0.717) is 24.2 Å². The molecule has 1 aliphatic heterocycles. The van der Waals surface area contributed by atoms with Crippen LogP contribution >= 0.6 is 15.9 Å². The SMILES string of the molecule is Cc1cc(F)c(Br)cc1NS(=O)(=O)C1CCCNC1. The Bertz CT molecular complexity index is 571. The summed E-state index contributed by atoms with van der Waals surface area (Å²) in [6, 6.07) is 2.76. The Morgan fingerprint density at radius 2 is 2.21 bits per heavy atom. The summed E-state index contributed by atoms with van der Waals surface area (Å²) in [6.45, 7) is 2.98. The monoisotopic (exact) mass is 350 g/mol. The lowest BCUT2D eigenvalue weighted by atomic mass is 10.2. The van der Waals surface area contributed by atoms with Gasteiger partial charge >= 0.3 is 0 Å². The van der Waals surface area contributed by atoms with E-state index in [9.17, 15) is 12.8 Å². The highest BCUT2D eigenvalue weighted by Gasteiger charge is 2.27. The number of hydrogen-bond acceptors (Lipinski definition) is 3. The fourth-order valence-corrected chi connectivity index (χ4v) is 3.93. The van der Waals surface area contributed by atoms with Gasteiger partial charge < -0.3 is 5.32 Å². The lowest BCUT2D eigenvalue weighted by Gasteiger charge is -2.24. The first-order chi connectivity index (χ1) is 8.90. The Kier molecular flexibility index (Phi) is 4.47. The highest BCUT2D eigenvalue weighted by molar-refractivity contribution is 9.10. The number of aryl methyl sites for hydroxylation is 1. The third-order valence-electron chi connectivity index (χ3n) is 3.21. The van der Waals surface area contributed by atoms with Crippen molar-refractivity contribution in [3.63, 3.8) is 0 Å². The van der Waals surface area contributed by atoms with Gasteiger partial charge in [-0.15, -0.1) is 0 Å². The van der Waals surface area contributed by atoms with Crippen LogP contribution in [0.1, 0.15) is 18.4 Å². The van der Waals surface area contributed by atoms with Crippen molar-refractivity contribution in [1.82, 2.24) is 5.32 Å². The third-order valence-corrected chi connectivity index (χ3v) is 5.60. The molecule has 7 heteroatoms. The largest absolute Gasteiger partial charge is 0.315 e. The van der Waals surface area contributed by atoms with Gasteiger partial charge in [-0.3, -0.25) is 4.72 Å². The number of hydrogen-bond donors (Lipinski definition) is 2. The molecule has 2 N–H and O–H groups in total. The number of rotatable bonds is 3. The summed E-state index contributed by atoms with van der Waals surface area (Å²) < 4.78 is 40.6. The smallest absolute Gasteiger partial charge is 0.236 e. The number of benzene rings is 1. The van der Waals surface area contributed by atoms with Gasteiger partial charge in [-0.05, 0) is 59.9 Å². The van der Waals surface area contributed by atoms with Crippen molar-refractivity contribution in [1.29, 1.82) is 0 Å². The van der Waals surface area contributed by atoms with E-state index in [1.807, 2.05) is 0 Å². The van der Waals surface area contributed by atoms with E-state index in [1.165, 1.54) is 12.1 Å². The average molecular weight is 351 g/mol. The van der Waals surface area contributed by atoms with Crippen molar-refractivity contribution in [2.24, 2.45) is 0 Å². The minimum atomic E-state index is -3.44. The summed E-state index contributed by atoms with van der Waals surface area (Å²) in [6.07, 6.45) is 1.49. The van der Waals surface area contributed by atoms with Crippen molar-refractivity contribution >= 4 is 31.6 Å². The molecule has 1 aliphatic rings. The van der Waals surface area contributed by atoms with Crippen LogP contribution in [-0.4, -0.2) is 26.8 Å². The molecule has 1 aromatic rings. The highest BCUT2D eigenvalue weighted by atomic mass is 79.9. The molecule has 0 aliphatic carbocycles. The molecule has 1 aromatic carbocycles. The van der Waals surface area contributed by atoms with Crippen LogP contribution in [0.4, 0.5) is 10.1 Å². The summed E-state index contributed by atoms with van der Waals surface area (Å²) in [4.78, 5) is 0. The summed E-state index contributed by atoms with van der Waals surface area (Å²) in [5, 5.41) is 2.63. The van der Waals surface area contributed by atoms with E-state index >= 15 is 0 Å². The minimum absolute atomic E-state index is 0.248. The minimum Gasteiger partial charge on any atom is -0.315 e. The van der Waals surface area contributed by atoms with Crippen LogP contribution < -0.4 is 10.0 Å². The molecule has 4 nitrogen and oxygen atoms in total. The van der Waals surface area contributed by atoms with E-state index in [2.05, 4.69) is 26.0 Å². The Labute approximate surface area is 121 Å². The number of sulfonamides is 1. The molecule has 1 saturated heterocycles. The van der Waals surface area contributed by atoms with Gasteiger partial charge in [0, 0.05) is 6.54 Å². The predicted octanol–water partition coefficient (Wildman–Crippen LogP) is 2.39. The van der Waals surface area contributed by atoms with Gasteiger partial charge in [0.1, 0.15) is 5.82 Å². The zero-order valence-electron chi connectivity index (χ0n) is 10.5. The van der Waals surface area contributed by atoms with Crippen LogP contribution in [0, 0.1) is 12.7 Å². The molecule has 0 spiro atoms. The van der Waals surface area contributed by atoms with Crippen molar-refractivity contribution < 1.29 is 12.8 Å². The molecule has 1 fully saturated rings. The van der Waals surface area contributed by atoms with Gasteiger partial charge in [0.2, 0.25) is 10.0 Å². The van der Waals surface area contributed by atoms with Gasteiger partial charge in [0.25, 0.3) is 0 Å². The first kappa shape index (κ1) is 14.7. The van der Waals surface area contributed by atoms with E-state index in [0.717, 1.165) is 13.0 Å². The Balaban J connectivity index is 2.22. The summed E-state index contributed by atoms with van der Waals surface area (Å²) in [7, 11) is -3.44. The molecule has 106 valence electrons. The van der Waals surface area contributed by atoms with Gasteiger partial charge in [0.05, 0.1) is 15.4 Å². The maximum atomic E-state index is 13.3. The third kappa shape index (κ3) is 3.46. The molecule has 1 atom stereocenters. The van der Waals surface area contributed by atoms with Crippen molar-refractivity contribution in [2.45, 2.75) is 25.0 Å². The fraction of sp³-hybridized carbons (Fsp3) is 0.500. The molecule has 0 saturated carbocycles. The molecule has 0 radical (unpaired) electrons. The van der Waals surface area contributed by atoms with E-state index in [-0.39, 0.29) is 4.47 Å². The van der Waals surface area contributed by atoms with Gasteiger partial charge in [-0.2, -0.15) is 0 Å². The Morgan fingerprint density at radius 3 is 2.84 bits per heavy atom. The number of piperidine rings is 1. The Morgan fingerprint density at radius 1 is 1.47 bits per heavy atom. The van der Waals surface area contributed by atoms with Gasteiger partial charge in [0.15, 0.2) is 0 Å². The molecule has 1 unspecified atom stereocenters. The molecule has 1 heterocycles. The first-order valence-corrected chi connectivity index (χ1v) is 8.42. The van der Waals surface area contributed by atoms with Crippen LogP contribution in [0.15, 0.2) is 16.6 Å². The van der Waals surface area contributed by atoms with Crippen molar-refractivity contribution in [3.05, 3.63) is 28.0 Å².